The number of likely N-dealkylation sites (N-methyl/N-ethyl adjacent to an activating group) is 1. The fourth-order valence-corrected chi connectivity index (χ4v) is 2.82. The Balaban J connectivity index is 1.89. The average Bonchev–Trinajstić information content (AvgIpc) is 3.04. The normalized spacial score (nSPS) is 12.8. The van der Waals surface area contributed by atoms with Crippen LogP contribution in [0.5, 0.6) is 0 Å². The molecule has 2 aromatic heterocycles. The number of aliphatic hydroxyl groups is 1. The van der Waals surface area contributed by atoms with Crippen molar-refractivity contribution in [1.29, 1.82) is 0 Å². The Labute approximate surface area is 134 Å². The van der Waals surface area contributed by atoms with Gasteiger partial charge in [-0.15, -0.1) is 0 Å². The summed E-state index contributed by atoms with van der Waals surface area (Å²) >= 11 is 0. The van der Waals surface area contributed by atoms with Gasteiger partial charge in [0.15, 0.2) is 5.65 Å². The van der Waals surface area contributed by atoms with Gasteiger partial charge in [-0.1, -0.05) is 37.3 Å². The van der Waals surface area contributed by atoms with E-state index in [1.807, 2.05) is 37.3 Å². The van der Waals surface area contributed by atoms with Gasteiger partial charge in [0.05, 0.1) is 18.3 Å². The second-order valence-corrected chi connectivity index (χ2v) is 5.41. The minimum absolute atomic E-state index is 0.0171. The summed E-state index contributed by atoms with van der Waals surface area (Å²) in [5.74, 6) is 0. The maximum atomic E-state index is 12.1. The molecule has 6 heteroatoms. The van der Waals surface area contributed by atoms with Crippen LogP contribution in [0, 0.1) is 0 Å². The van der Waals surface area contributed by atoms with Crippen LogP contribution in [0.2, 0.25) is 0 Å². The summed E-state index contributed by atoms with van der Waals surface area (Å²) in [6.45, 7) is 3.30. The van der Waals surface area contributed by atoms with Gasteiger partial charge in [-0.3, -0.25) is 14.8 Å². The Hall–Kier alpha value is -2.44. The molecule has 0 aliphatic rings. The summed E-state index contributed by atoms with van der Waals surface area (Å²) in [7, 11) is 0. The number of aromatic amines is 1. The van der Waals surface area contributed by atoms with Gasteiger partial charge in [-0.2, -0.15) is 0 Å². The molecule has 120 valence electrons. The van der Waals surface area contributed by atoms with E-state index in [1.54, 1.807) is 12.3 Å². The Kier molecular flexibility index (Phi) is 4.55. The average molecular weight is 312 g/mol. The van der Waals surface area contributed by atoms with Crippen molar-refractivity contribution < 1.29 is 5.11 Å². The molecule has 1 aromatic carbocycles. The van der Waals surface area contributed by atoms with Crippen molar-refractivity contribution in [3.8, 4) is 0 Å². The van der Waals surface area contributed by atoms with Crippen molar-refractivity contribution in [1.82, 2.24) is 19.5 Å². The zero-order valence-electron chi connectivity index (χ0n) is 13.0. The summed E-state index contributed by atoms with van der Waals surface area (Å²) < 4.78 is 1.40. The van der Waals surface area contributed by atoms with Crippen molar-refractivity contribution in [2.75, 3.05) is 13.2 Å². The van der Waals surface area contributed by atoms with Crippen LogP contribution in [-0.2, 0) is 6.54 Å². The minimum atomic E-state index is -0.133. The molecule has 1 unspecified atom stereocenters. The van der Waals surface area contributed by atoms with E-state index in [0.717, 1.165) is 12.1 Å². The lowest BCUT2D eigenvalue weighted by Crippen LogP contribution is -2.31. The van der Waals surface area contributed by atoms with Crippen molar-refractivity contribution in [2.45, 2.75) is 19.5 Å². The molecule has 3 aromatic rings. The second kappa shape index (κ2) is 6.76. The van der Waals surface area contributed by atoms with Crippen LogP contribution in [0.25, 0.3) is 5.65 Å². The van der Waals surface area contributed by atoms with E-state index < -0.39 is 0 Å². The summed E-state index contributed by atoms with van der Waals surface area (Å²) in [4.78, 5) is 18.7. The number of hydrogen-bond donors (Lipinski definition) is 2. The maximum Gasteiger partial charge on any atom is 0.272 e. The molecule has 0 fully saturated rings. The Morgan fingerprint density at radius 1 is 1.30 bits per heavy atom. The van der Waals surface area contributed by atoms with E-state index in [9.17, 15) is 9.90 Å². The van der Waals surface area contributed by atoms with Crippen LogP contribution in [0.1, 0.15) is 24.2 Å². The Morgan fingerprint density at radius 3 is 2.78 bits per heavy atom. The first-order valence-electron chi connectivity index (χ1n) is 7.69. The van der Waals surface area contributed by atoms with Gasteiger partial charge in [-0.25, -0.2) is 9.50 Å². The molecule has 6 nitrogen and oxygen atoms in total. The molecule has 0 aliphatic carbocycles. The van der Waals surface area contributed by atoms with Crippen molar-refractivity contribution in [3.63, 3.8) is 0 Å². The van der Waals surface area contributed by atoms with E-state index in [0.29, 0.717) is 17.9 Å². The third kappa shape index (κ3) is 3.18. The molecule has 2 heterocycles. The highest BCUT2D eigenvalue weighted by atomic mass is 16.3. The first-order chi connectivity index (χ1) is 11.2. The monoisotopic (exact) mass is 312 g/mol. The van der Waals surface area contributed by atoms with Crippen LogP contribution >= 0.6 is 0 Å². The Bertz CT molecular complexity index is 825. The smallest absolute Gasteiger partial charge is 0.272 e. The number of H-pyrrole nitrogens is 1. The first-order valence-corrected chi connectivity index (χ1v) is 7.69. The Morgan fingerprint density at radius 2 is 2.09 bits per heavy atom. The quantitative estimate of drug-likeness (QED) is 0.725. The van der Waals surface area contributed by atoms with Gasteiger partial charge < -0.3 is 5.11 Å². The van der Waals surface area contributed by atoms with Crippen LogP contribution in [0.15, 0.2) is 53.5 Å². The lowest BCUT2D eigenvalue weighted by atomic mass is 10.1. The highest BCUT2D eigenvalue weighted by Crippen LogP contribution is 2.21. The molecule has 0 amide bonds. The highest BCUT2D eigenvalue weighted by molar-refractivity contribution is 5.36. The number of hydrogen-bond acceptors (Lipinski definition) is 4. The summed E-state index contributed by atoms with van der Waals surface area (Å²) in [5.41, 5.74) is 2.22. The topological polar surface area (TPSA) is 73.6 Å². The van der Waals surface area contributed by atoms with Gasteiger partial charge in [-0.05, 0) is 12.1 Å². The molecule has 2 N–H and O–H groups in total. The summed E-state index contributed by atoms with van der Waals surface area (Å²) in [5, 5.41) is 12.6. The predicted octanol–water partition coefficient (Wildman–Crippen LogP) is 1.58. The standard InChI is InChI=1S/C17H20N4O2/c1-2-20(15(12-22)13-6-4-3-5-7-13)11-14-10-17(23)21-16(19-14)8-9-18-21/h3-10,15,18,22H,2,11-12H2,1H3. The molecule has 1 atom stereocenters. The minimum Gasteiger partial charge on any atom is -0.394 e. The van der Waals surface area contributed by atoms with Gasteiger partial charge >= 0.3 is 0 Å². The molecule has 0 bridgehead atoms. The molecule has 23 heavy (non-hydrogen) atoms. The fraction of sp³-hybridized carbons (Fsp3) is 0.294. The predicted molar refractivity (Wildman–Crippen MR) is 88.2 cm³/mol. The molecular formula is C17H20N4O2. The number of nitrogens with one attached hydrogen (secondary N) is 1. The molecule has 0 aliphatic heterocycles. The van der Waals surface area contributed by atoms with E-state index in [4.69, 9.17) is 0 Å². The number of aliphatic hydroxyl groups excluding tert-OH is 1. The first kappa shape index (κ1) is 15.5. The zero-order valence-corrected chi connectivity index (χ0v) is 13.0. The summed E-state index contributed by atoms with van der Waals surface area (Å²) in [6.07, 6.45) is 1.69. The fourth-order valence-electron chi connectivity index (χ4n) is 2.82. The largest absolute Gasteiger partial charge is 0.394 e. The number of nitrogens with zero attached hydrogens (tertiary/aromatic N) is 3. The van der Waals surface area contributed by atoms with Crippen molar-refractivity contribution in [3.05, 3.63) is 70.3 Å². The van der Waals surface area contributed by atoms with Crippen molar-refractivity contribution in [2.24, 2.45) is 0 Å². The van der Waals surface area contributed by atoms with E-state index in [1.165, 1.54) is 10.6 Å². The van der Waals surface area contributed by atoms with Crippen LogP contribution in [0.4, 0.5) is 0 Å². The third-order valence-electron chi connectivity index (χ3n) is 4.00. The lowest BCUT2D eigenvalue weighted by molar-refractivity contribution is 0.121. The van der Waals surface area contributed by atoms with Crippen LogP contribution < -0.4 is 5.56 Å². The van der Waals surface area contributed by atoms with E-state index in [2.05, 4.69) is 15.0 Å². The van der Waals surface area contributed by atoms with E-state index in [-0.39, 0.29) is 18.2 Å². The van der Waals surface area contributed by atoms with Crippen molar-refractivity contribution >= 4 is 5.65 Å². The summed E-state index contributed by atoms with van der Waals surface area (Å²) in [6, 6.07) is 13.1. The van der Waals surface area contributed by atoms with Crippen LogP contribution in [-0.4, -0.2) is 37.8 Å². The SMILES string of the molecule is CCN(Cc1cc(=O)n2[nH]ccc2n1)C(CO)c1ccccc1. The second-order valence-electron chi connectivity index (χ2n) is 5.41. The number of fused-ring (bicyclic) bond motifs is 1. The third-order valence-corrected chi connectivity index (χ3v) is 4.00. The number of rotatable bonds is 6. The number of aromatic nitrogens is 3. The zero-order chi connectivity index (χ0) is 16.2. The molecule has 0 saturated carbocycles. The maximum absolute atomic E-state index is 12.1. The molecule has 0 radical (unpaired) electrons. The van der Waals surface area contributed by atoms with Gasteiger partial charge in [0.2, 0.25) is 0 Å². The van der Waals surface area contributed by atoms with Gasteiger partial charge in [0.1, 0.15) is 0 Å². The molecule has 0 spiro atoms. The van der Waals surface area contributed by atoms with E-state index >= 15 is 0 Å². The highest BCUT2D eigenvalue weighted by Gasteiger charge is 2.19. The van der Waals surface area contributed by atoms with Gasteiger partial charge in [0.25, 0.3) is 5.56 Å². The van der Waals surface area contributed by atoms with Crippen LogP contribution in [0.3, 0.4) is 0 Å². The lowest BCUT2D eigenvalue weighted by Gasteiger charge is -2.29. The van der Waals surface area contributed by atoms with Gasteiger partial charge in [0, 0.05) is 24.9 Å². The molecule has 0 saturated heterocycles. The molecular weight excluding hydrogens is 292 g/mol. The number of benzene rings is 1. The molecule has 3 rings (SSSR count).